The topological polar surface area (TPSA) is 103 Å². The number of nitrogens with zero attached hydrogens (tertiary/aromatic N) is 5. The molecule has 0 atom stereocenters. The molecule has 0 bridgehead atoms. The third-order valence-corrected chi connectivity index (χ3v) is 5.61. The molecule has 31 heavy (non-hydrogen) atoms. The number of hydrogen-bond acceptors (Lipinski definition) is 6. The van der Waals surface area contributed by atoms with Gasteiger partial charge in [-0.1, -0.05) is 19.1 Å². The quantitative estimate of drug-likeness (QED) is 0.477. The molecule has 1 aliphatic heterocycles. The number of carbonyl (C=O) groups is 1. The largest absolute Gasteiger partial charge is 0.353 e. The van der Waals surface area contributed by atoms with Gasteiger partial charge in [0.1, 0.15) is 5.82 Å². The monoisotopic (exact) mass is 415 g/mol. The molecule has 0 radical (unpaired) electrons. The van der Waals surface area contributed by atoms with Crippen molar-refractivity contribution in [1.29, 1.82) is 5.26 Å². The molecule has 0 aliphatic carbocycles. The number of non-ortho nitro benzene ring substituents is 1. The molecule has 0 N–H and O–H groups in total. The highest BCUT2D eigenvalue weighted by atomic mass is 16.6. The lowest BCUT2D eigenvalue weighted by molar-refractivity contribution is -0.384. The van der Waals surface area contributed by atoms with Gasteiger partial charge in [-0.15, -0.1) is 0 Å². The lowest BCUT2D eigenvalue weighted by Gasteiger charge is -2.35. The number of aryl methyl sites for hydroxylation is 1. The Hall–Kier alpha value is -3.99. The average Bonchev–Trinajstić information content (AvgIpc) is 2.82. The summed E-state index contributed by atoms with van der Waals surface area (Å²) in [6, 6.07) is 15.8. The summed E-state index contributed by atoms with van der Waals surface area (Å²) >= 11 is 0. The van der Waals surface area contributed by atoms with Crippen LogP contribution in [0, 0.1) is 21.4 Å². The number of fused-ring (bicyclic) bond motifs is 1. The summed E-state index contributed by atoms with van der Waals surface area (Å²) < 4.78 is 0. The van der Waals surface area contributed by atoms with Gasteiger partial charge in [-0.2, -0.15) is 5.26 Å². The first-order valence-electron chi connectivity index (χ1n) is 10.1. The van der Waals surface area contributed by atoms with E-state index in [1.54, 1.807) is 12.1 Å². The summed E-state index contributed by atoms with van der Waals surface area (Å²) in [7, 11) is 0. The van der Waals surface area contributed by atoms with Crippen molar-refractivity contribution in [3.8, 4) is 6.07 Å². The molecule has 0 saturated carbocycles. The number of benzene rings is 2. The molecule has 1 aromatic heterocycles. The normalized spacial score (nSPS) is 13.8. The number of piperazine rings is 1. The molecule has 1 aliphatic rings. The highest BCUT2D eigenvalue weighted by molar-refractivity contribution is 5.94. The third kappa shape index (κ3) is 4.03. The van der Waals surface area contributed by atoms with Gasteiger partial charge in [-0.3, -0.25) is 14.9 Å². The summed E-state index contributed by atoms with van der Waals surface area (Å²) in [6.07, 6.45) is 0.934. The molecule has 156 valence electrons. The molecule has 3 aromatic rings. The van der Waals surface area contributed by atoms with E-state index in [1.165, 1.54) is 17.7 Å². The highest BCUT2D eigenvalue weighted by Crippen LogP contribution is 2.27. The second-order valence-electron chi connectivity index (χ2n) is 7.43. The van der Waals surface area contributed by atoms with Crippen LogP contribution in [0.5, 0.6) is 0 Å². The fourth-order valence-corrected chi connectivity index (χ4v) is 3.77. The first-order chi connectivity index (χ1) is 15.0. The first kappa shape index (κ1) is 20.3. The SMILES string of the molecule is CCc1ccc(C(=O)N2CCN(c3cc(C#N)c4cc([N+](=O)[O-])ccc4n3)CC2)cc1. The van der Waals surface area contributed by atoms with E-state index in [9.17, 15) is 20.2 Å². The van der Waals surface area contributed by atoms with E-state index in [1.807, 2.05) is 34.1 Å². The van der Waals surface area contributed by atoms with Gasteiger partial charge in [-0.25, -0.2) is 4.98 Å². The van der Waals surface area contributed by atoms with Crippen LogP contribution in [0.1, 0.15) is 28.4 Å². The van der Waals surface area contributed by atoms with Crippen LogP contribution < -0.4 is 4.90 Å². The van der Waals surface area contributed by atoms with E-state index in [0.29, 0.717) is 54.0 Å². The lowest BCUT2D eigenvalue weighted by atomic mass is 10.1. The molecular weight excluding hydrogens is 394 g/mol. The Morgan fingerprint density at radius 2 is 1.84 bits per heavy atom. The Balaban J connectivity index is 1.51. The van der Waals surface area contributed by atoms with Crippen LogP contribution in [0.15, 0.2) is 48.5 Å². The second kappa shape index (κ2) is 8.40. The van der Waals surface area contributed by atoms with E-state index < -0.39 is 4.92 Å². The van der Waals surface area contributed by atoms with E-state index in [2.05, 4.69) is 18.0 Å². The van der Waals surface area contributed by atoms with Gasteiger partial charge < -0.3 is 9.80 Å². The van der Waals surface area contributed by atoms with E-state index in [4.69, 9.17) is 0 Å². The molecule has 4 rings (SSSR count). The van der Waals surface area contributed by atoms with Gasteiger partial charge in [0, 0.05) is 49.3 Å². The highest BCUT2D eigenvalue weighted by Gasteiger charge is 2.24. The van der Waals surface area contributed by atoms with Gasteiger partial charge in [0.25, 0.3) is 11.6 Å². The number of nitriles is 1. The zero-order valence-corrected chi connectivity index (χ0v) is 17.1. The molecule has 1 saturated heterocycles. The Bertz CT molecular complexity index is 1190. The first-order valence-corrected chi connectivity index (χ1v) is 10.1. The van der Waals surface area contributed by atoms with Crippen molar-refractivity contribution in [2.75, 3.05) is 31.1 Å². The number of hydrogen-bond donors (Lipinski definition) is 0. The predicted molar refractivity (Wildman–Crippen MR) is 117 cm³/mol. The summed E-state index contributed by atoms with van der Waals surface area (Å²) in [5.41, 5.74) is 2.69. The van der Waals surface area contributed by atoms with Crippen molar-refractivity contribution >= 4 is 28.3 Å². The minimum atomic E-state index is -0.486. The van der Waals surface area contributed by atoms with Crippen molar-refractivity contribution in [2.24, 2.45) is 0 Å². The molecular formula is C23H21N5O3. The summed E-state index contributed by atoms with van der Waals surface area (Å²) in [5.74, 6) is 0.649. The number of anilines is 1. The zero-order chi connectivity index (χ0) is 22.0. The van der Waals surface area contributed by atoms with Crippen LogP contribution >= 0.6 is 0 Å². The average molecular weight is 415 g/mol. The third-order valence-electron chi connectivity index (χ3n) is 5.61. The van der Waals surface area contributed by atoms with Crippen molar-refractivity contribution in [1.82, 2.24) is 9.88 Å². The molecule has 1 amide bonds. The summed E-state index contributed by atoms with van der Waals surface area (Å²) in [5, 5.41) is 21.1. The van der Waals surface area contributed by atoms with E-state index >= 15 is 0 Å². The Kier molecular flexibility index (Phi) is 5.50. The number of amides is 1. The van der Waals surface area contributed by atoms with Crippen LogP contribution in [-0.2, 0) is 6.42 Å². The minimum absolute atomic E-state index is 0.0128. The number of rotatable bonds is 4. The second-order valence-corrected chi connectivity index (χ2v) is 7.43. The van der Waals surface area contributed by atoms with Crippen LogP contribution in [0.3, 0.4) is 0 Å². The molecule has 0 unspecified atom stereocenters. The number of nitro benzene ring substituents is 1. The number of aromatic nitrogens is 1. The molecule has 1 fully saturated rings. The molecule has 8 nitrogen and oxygen atoms in total. The van der Waals surface area contributed by atoms with Crippen molar-refractivity contribution in [2.45, 2.75) is 13.3 Å². The maximum absolute atomic E-state index is 12.8. The van der Waals surface area contributed by atoms with Crippen LogP contribution in [-0.4, -0.2) is 46.9 Å². The fraction of sp³-hybridized carbons (Fsp3) is 0.261. The number of pyridine rings is 1. The molecule has 2 aromatic carbocycles. The molecule has 8 heteroatoms. The lowest BCUT2D eigenvalue weighted by Crippen LogP contribution is -2.49. The van der Waals surface area contributed by atoms with Crippen molar-refractivity contribution < 1.29 is 9.72 Å². The molecule has 2 heterocycles. The maximum atomic E-state index is 12.8. The van der Waals surface area contributed by atoms with Crippen LogP contribution in [0.4, 0.5) is 11.5 Å². The Morgan fingerprint density at radius 1 is 1.13 bits per heavy atom. The van der Waals surface area contributed by atoms with Crippen LogP contribution in [0.25, 0.3) is 10.9 Å². The standard InChI is InChI=1S/C23H21N5O3/c1-2-16-3-5-17(6-4-16)23(29)27-11-9-26(10-12-27)22-13-18(15-24)20-14-19(28(30)31)7-8-21(20)25-22/h3-8,13-14H,2,9-12H2,1H3. The molecule has 0 spiro atoms. The van der Waals surface area contributed by atoms with E-state index in [-0.39, 0.29) is 11.6 Å². The Labute approximate surface area is 179 Å². The van der Waals surface area contributed by atoms with Crippen molar-refractivity contribution in [3.63, 3.8) is 0 Å². The van der Waals surface area contributed by atoms with Gasteiger partial charge >= 0.3 is 0 Å². The zero-order valence-electron chi connectivity index (χ0n) is 17.1. The Morgan fingerprint density at radius 3 is 2.45 bits per heavy atom. The van der Waals surface area contributed by atoms with Crippen LogP contribution in [0.2, 0.25) is 0 Å². The maximum Gasteiger partial charge on any atom is 0.270 e. The predicted octanol–water partition coefficient (Wildman–Crippen LogP) is 3.54. The smallest absolute Gasteiger partial charge is 0.270 e. The number of carbonyl (C=O) groups excluding carboxylic acids is 1. The van der Waals surface area contributed by atoms with E-state index in [0.717, 1.165) is 6.42 Å². The summed E-state index contributed by atoms with van der Waals surface area (Å²) in [6.45, 7) is 4.37. The number of nitro groups is 1. The summed E-state index contributed by atoms with van der Waals surface area (Å²) in [4.78, 5) is 31.8. The van der Waals surface area contributed by atoms with Crippen molar-refractivity contribution in [3.05, 3.63) is 75.3 Å². The van der Waals surface area contributed by atoms with Gasteiger partial charge in [0.15, 0.2) is 0 Å². The minimum Gasteiger partial charge on any atom is -0.353 e. The van der Waals surface area contributed by atoms with Gasteiger partial charge in [-0.05, 0) is 36.2 Å². The van der Waals surface area contributed by atoms with Gasteiger partial charge in [0.2, 0.25) is 0 Å². The van der Waals surface area contributed by atoms with Gasteiger partial charge in [0.05, 0.1) is 22.1 Å². The fourth-order valence-electron chi connectivity index (χ4n) is 3.77.